The smallest absolute Gasteiger partial charge is 0.161 e. The Morgan fingerprint density at radius 1 is 1.21 bits per heavy atom. The SMILES string of the molecule is CCCN(CC1COc2ccccc2O1)c1ncnc2ccsc12. The van der Waals surface area contributed by atoms with E-state index in [9.17, 15) is 0 Å². The van der Waals surface area contributed by atoms with Crippen molar-refractivity contribution in [2.75, 3.05) is 24.6 Å². The molecule has 0 spiro atoms. The molecule has 1 aliphatic rings. The zero-order valence-electron chi connectivity index (χ0n) is 13.5. The van der Waals surface area contributed by atoms with E-state index in [1.807, 2.05) is 30.3 Å². The quantitative estimate of drug-likeness (QED) is 0.707. The van der Waals surface area contributed by atoms with E-state index < -0.39 is 0 Å². The van der Waals surface area contributed by atoms with Gasteiger partial charge in [-0.2, -0.15) is 0 Å². The van der Waals surface area contributed by atoms with Crippen LogP contribution in [-0.2, 0) is 0 Å². The fourth-order valence-corrected chi connectivity index (χ4v) is 3.82. The van der Waals surface area contributed by atoms with Crippen LogP contribution in [0, 0.1) is 0 Å². The third-order valence-electron chi connectivity index (χ3n) is 4.01. The number of thiophene rings is 1. The van der Waals surface area contributed by atoms with Gasteiger partial charge in [-0.05, 0) is 30.0 Å². The zero-order chi connectivity index (χ0) is 16.4. The summed E-state index contributed by atoms with van der Waals surface area (Å²) in [7, 11) is 0. The van der Waals surface area contributed by atoms with Crippen molar-refractivity contribution in [3.63, 3.8) is 0 Å². The van der Waals surface area contributed by atoms with Crippen molar-refractivity contribution in [3.8, 4) is 11.5 Å². The van der Waals surface area contributed by atoms with Crippen molar-refractivity contribution in [1.29, 1.82) is 0 Å². The molecule has 1 unspecified atom stereocenters. The van der Waals surface area contributed by atoms with Gasteiger partial charge in [-0.25, -0.2) is 9.97 Å². The van der Waals surface area contributed by atoms with Crippen molar-refractivity contribution in [2.24, 2.45) is 0 Å². The van der Waals surface area contributed by atoms with Gasteiger partial charge in [0.2, 0.25) is 0 Å². The Morgan fingerprint density at radius 2 is 2.08 bits per heavy atom. The Hall–Kier alpha value is -2.34. The van der Waals surface area contributed by atoms with Gasteiger partial charge in [-0.3, -0.25) is 0 Å². The minimum atomic E-state index is -0.0172. The molecule has 0 saturated carbocycles. The molecule has 0 radical (unpaired) electrons. The van der Waals surface area contributed by atoms with Gasteiger partial charge in [0.1, 0.15) is 18.8 Å². The molecule has 0 bridgehead atoms. The number of ether oxygens (including phenoxy) is 2. The summed E-state index contributed by atoms with van der Waals surface area (Å²) in [4.78, 5) is 11.2. The summed E-state index contributed by atoms with van der Waals surface area (Å²) in [6.07, 6.45) is 2.66. The maximum Gasteiger partial charge on any atom is 0.161 e. The molecule has 0 aliphatic carbocycles. The number of hydrogen-bond donors (Lipinski definition) is 0. The van der Waals surface area contributed by atoms with Crippen LogP contribution in [0.25, 0.3) is 10.2 Å². The maximum atomic E-state index is 6.12. The Bertz CT molecular complexity index is 836. The Labute approximate surface area is 144 Å². The van der Waals surface area contributed by atoms with Crippen LogP contribution in [0.5, 0.6) is 11.5 Å². The fraction of sp³-hybridized carbons (Fsp3) is 0.333. The first-order chi connectivity index (χ1) is 11.8. The number of anilines is 1. The monoisotopic (exact) mass is 341 g/mol. The Morgan fingerprint density at radius 3 is 2.96 bits per heavy atom. The van der Waals surface area contributed by atoms with Crippen molar-refractivity contribution in [1.82, 2.24) is 9.97 Å². The minimum absolute atomic E-state index is 0.0172. The molecule has 0 amide bonds. The summed E-state index contributed by atoms with van der Waals surface area (Å²) in [5.41, 5.74) is 0.997. The number of aromatic nitrogens is 2. The zero-order valence-corrected chi connectivity index (χ0v) is 14.3. The van der Waals surface area contributed by atoms with Crippen LogP contribution >= 0.6 is 11.3 Å². The second-order valence-electron chi connectivity index (χ2n) is 5.78. The van der Waals surface area contributed by atoms with E-state index in [0.717, 1.165) is 47.0 Å². The summed E-state index contributed by atoms with van der Waals surface area (Å²) in [5.74, 6) is 2.62. The highest BCUT2D eigenvalue weighted by molar-refractivity contribution is 7.17. The van der Waals surface area contributed by atoms with Crippen LogP contribution in [-0.4, -0.2) is 35.8 Å². The molecule has 0 N–H and O–H groups in total. The summed E-state index contributed by atoms with van der Waals surface area (Å²) in [6.45, 7) is 4.39. The first kappa shape index (κ1) is 15.2. The summed E-state index contributed by atoms with van der Waals surface area (Å²) < 4.78 is 13.1. The molecule has 4 rings (SSSR count). The van der Waals surface area contributed by atoms with Crippen LogP contribution < -0.4 is 14.4 Å². The standard InChI is InChI=1S/C18H19N3O2S/c1-2-8-21(18-17-14(7-9-24-17)19-12-20-18)10-13-11-22-15-5-3-4-6-16(15)23-13/h3-7,9,12-13H,2,8,10-11H2,1H3. The highest BCUT2D eigenvalue weighted by Crippen LogP contribution is 2.32. The first-order valence-corrected chi connectivity index (χ1v) is 9.04. The van der Waals surface area contributed by atoms with Crippen LogP contribution in [0.3, 0.4) is 0 Å². The summed E-state index contributed by atoms with van der Waals surface area (Å²) >= 11 is 1.68. The number of benzene rings is 1. The maximum absolute atomic E-state index is 6.12. The minimum Gasteiger partial charge on any atom is -0.486 e. The normalized spacial score (nSPS) is 16.3. The van der Waals surface area contributed by atoms with Gasteiger partial charge in [0, 0.05) is 6.54 Å². The van der Waals surface area contributed by atoms with E-state index in [1.165, 1.54) is 0 Å². The van der Waals surface area contributed by atoms with E-state index in [1.54, 1.807) is 17.7 Å². The number of rotatable bonds is 5. The number of nitrogens with zero attached hydrogens (tertiary/aromatic N) is 3. The predicted octanol–water partition coefficient (Wildman–Crippen LogP) is 3.75. The van der Waals surface area contributed by atoms with Gasteiger partial charge in [-0.15, -0.1) is 11.3 Å². The van der Waals surface area contributed by atoms with Crippen molar-refractivity contribution in [2.45, 2.75) is 19.4 Å². The number of fused-ring (bicyclic) bond motifs is 2. The van der Waals surface area contributed by atoms with E-state index >= 15 is 0 Å². The number of hydrogen-bond acceptors (Lipinski definition) is 6. The second-order valence-corrected chi connectivity index (χ2v) is 6.69. The Balaban J connectivity index is 1.57. The van der Waals surface area contributed by atoms with Crippen LogP contribution in [0.2, 0.25) is 0 Å². The lowest BCUT2D eigenvalue weighted by atomic mass is 10.2. The lowest BCUT2D eigenvalue weighted by Gasteiger charge is -2.32. The molecular weight excluding hydrogens is 322 g/mol. The molecule has 1 aliphatic heterocycles. The Kier molecular flexibility index (Phi) is 4.21. The van der Waals surface area contributed by atoms with Crippen molar-refractivity contribution >= 4 is 27.4 Å². The predicted molar refractivity (Wildman–Crippen MR) is 96.3 cm³/mol. The highest BCUT2D eigenvalue weighted by Gasteiger charge is 2.24. The van der Waals surface area contributed by atoms with Gasteiger partial charge in [0.05, 0.1) is 16.8 Å². The highest BCUT2D eigenvalue weighted by atomic mass is 32.1. The van der Waals surface area contributed by atoms with Crippen LogP contribution in [0.1, 0.15) is 13.3 Å². The van der Waals surface area contributed by atoms with E-state index in [0.29, 0.717) is 6.61 Å². The molecular formula is C18H19N3O2S. The molecule has 3 aromatic rings. The molecule has 124 valence electrons. The molecule has 5 nitrogen and oxygen atoms in total. The molecule has 3 heterocycles. The molecule has 24 heavy (non-hydrogen) atoms. The summed E-state index contributed by atoms with van der Waals surface area (Å²) in [5, 5.41) is 2.06. The fourth-order valence-electron chi connectivity index (χ4n) is 2.95. The molecule has 0 saturated heterocycles. The lowest BCUT2D eigenvalue weighted by molar-refractivity contribution is 0.0951. The van der Waals surface area contributed by atoms with Crippen molar-refractivity contribution in [3.05, 3.63) is 42.0 Å². The molecule has 6 heteroatoms. The first-order valence-electron chi connectivity index (χ1n) is 8.17. The molecule has 2 aromatic heterocycles. The van der Waals surface area contributed by atoms with E-state index in [4.69, 9.17) is 9.47 Å². The van der Waals surface area contributed by atoms with E-state index in [-0.39, 0.29) is 6.10 Å². The lowest BCUT2D eigenvalue weighted by Crippen LogP contribution is -2.41. The average Bonchev–Trinajstić information content (AvgIpc) is 3.10. The van der Waals surface area contributed by atoms with Gasteiger partial charge in [-0.1, -0.05) is 19.1 Å². The number of para-hydroxylation sites is 2. The van der Waals surface area contributed by atoms with Crippen LogP contribution in [0.15, 0.2) is 42.0 Å². The third kappa shape index (κ3) is 2.89. The summed E-state index contributed by atoms with van der Waals surface area (Å²) in [6, 6.07) is 9.85. The van der Waals surface area contributed by atoms with Crippen LogP contribution in [0.4, 0.5) is 5.82 Å². The molecule has 0 fully saturated rings. The third-order valence-corrected chi connectivity index (χ3v) is 4.91. The average molecular weight is 341 g/mol. The van der Waals surface area contributed by atoms with E-state index in [2.05, 4.69) is 27.2 Å². The van der Waals surface area contributed by atoms with Crippen molar-refractivity contribution < 1.29 is 9.47 Å². The largest absolute Gasteiger partial charge is 0.486 e. The second kappa shape index (κ2) is 6.65. The topological polar surface area (TPSA) is 47.5 Å². The van der Waals surface area contributed by atoms with Gasteiger partial charge >= 0.3 is 0 Å². The van der Waals surface area contributed by atoms with Gasteiger partial charge in [0.15, 0.2) is 17.6 Å². The van der Waals surface area contributed by atoms with Gasteiger partial charge in [0.25, 0.3) is 0 Å². The van der Waals surface area contributed by atoms with Gasteiger partial charge < -0.3 is 14.4 Å². The molecule has 1 atom stereocenters. The molecule has 1 aromatic carbocycles.